The molecule has 0 bridgehead atoms. The third-order valence-electron chi connectivity index (χ3n) is 4.02. The Morgan fingerprint density at radius 2 is 2.10 bits per heavy atom. The Labute approximate surface area is 130 Å². The molecule has 0 saturated carbocycles. The SMILES string of the molecule is CCCc1nc(N2CCCc3ccccc3C2)sc1CO. The second-order valence-electron chi connectivity index (χ2n) is 5.57. The third kappa shape index (κ3) is 3.11. The van der Waals surface area contributed by atoms with Crippen LogP contribution >= 0.6 is 11.3 Å². The molecule has 0 fully saturated rings. The molecule has 2 heterocycles. The van der Waals surface area contributed by atoms with Crippen molar-refractivity contribution < 1.29 is 5.11 Å². The quantitative estimate of drug-likeness (QED) is 0.938. The molecule has 1 aromatic heterocycles. The zero-order valence-corrected chi connectivity index (χ0v) is 13.3. The number of aromatic nitrogens is 1. The zero-order chi connectivity index (χ0) is 14.7. The summed E-state index contributed by atoms with van der Waals surface area (Å²) in [7, 11) is 0. The van der Waals surface area contributed by atoms with Gasteiger partial charge in [0.1, 0.15) is 0 Å². The molecule has 0 radical (unpaired) electrons. The maximum atomic E-state index is 9.52. The topological polar surface area (TPSA) is 36.4 Å². The van der Waals surface area contributed by atoms with Gasteiger partial charge in [-0.15, -0.1) is 0 Å². The minimum atomic E-state index is 0.109. The van der Waals surface area contributed by atoms with Crippen LogP contribution in [-0.2, 0) is 26.0 Å². The van der Waals surface area contributed by atoms with Gasteiger partial charge in [0.25, 0.3) is 0 Å². The van der Waals surface area contributed by atoms with Gasteiger partial charge in [-0.05, 0) is 30.4 Å². The molecule has 0 spiro atoms. The zero-order valence-electron chi connectivity index (χ0n) is 12.5. The highest BCUT2D eigenvalue weighted by Gasteiger charge is 2.19. The fourth-order valence-electron chi connectivity index (χ4n) is 2.92. The second-order valence-corrected chi connectivity index (χ2v) is 6.63. The van der Waals surface area contributed by atoms with Gasteiger partial charge in [0, 0.05) is 13.1 Å². The van der Waals surface area contributed by atoms with Gasteiger partial charge in [-0.25, -0.2) is 4.98 Å². The Balaban J connectivity index is 1.87. The van der Waals surface area contributed by atoms with Crippen LogP contribution in [0.2, 0.25) is 0 Å². The van der Waals surface area contributed by atoms with Crippen molar-refractivity contribution in [1.82, 2.24) is 4.98 Å². The summed E-state index contributed by atoms with van der Waals surface area (Å²) in [5, 5.41) is 10.6. The van der Waals surface area contributed by atoms with E-state index in [9.17, 15) is 5.11 Å². The number of nitrogens with zero attached hydrogens (tertiary/aromatic N) is 2. The number of benzene rings is 1. The molecule has 1 aliphatic rings. The maximum Gasteiger partial charge on any atom is 0.186 e. The van der Waals surface area contributed by atoms with Crippen molar-refractivity contribution in [2.24, 2.45) is 0 Å². The number of fused-ring (bicyclic) bond motifs is 1. The first-order valence-corrected chi connectivity index (χ1v) is 8.54. The number of thiazole rings is 1. The summed E-state index contributed by atoms with van der Waals surface area (Å²) >= 11 is 1.65. The van der Waals surface area contributed by atoms with Crippen molar-refractivity contribution in [3.8, 4) is 0 Å². The number of rotatable bonds is 4. The highest BCUT2D eigenvalue weighted by molar-refractivity contribution is 7.15. The van der Waals surface area contributed by atoms with Gasteiger partial charge in [-0.3, -0.25) is 0 Å². The Morgan fingerprint density at radius 1 is 1.29 bits per heavy atom. The lowest BCUT2D eigenvalue weighted by atomic mass is 10.0. The number of hydrogen-bond donors (Lipinski definition) is 1. The summed E-state index contributed by atoms with van der Waals surface area (Å²) in [5.74, 6) is 0. The molecule has 0 aliphatic carbocycles. The van der Waals surface area contributed by atoms with Crippen molar-refractivity contribution in [3.63, 3.8) is 0 Å². The highest BCUT2D eigenvalue weighted by atomic mass is 32.1. The van der Waals surface area contributed by atoms with E-state index in [1.54, 1.807) is 11.3 Å². The minimum absolute atomic E-state index is 0.109. The molecule has 0 saturated heterocycles. The van der Waals surface area contributed by atoms with E-state index in [4.69, 9.17) is 4.98 Å². The first-order valence-electron chi connectivity index (χ1n) is 7.73. The van der Waals surface area contributed by atoms with E-state index in [2.05, 4.69) is 36.1 Å². The van der Waals surface area contributed by atoms with Crippen molar-refractivity contribution in [1.29, 1.82) is 0 Å². The predicted octanol–water partition coefficient (Wildman–Crippen LogP) is 3.54. The number of aryl methyl sites for hydroxylation is 2. The van der Waals surface area contributed by atoms with Crippen LogP contribution in [-0.4, -0.2) is 16.6 Å². The van der Waals surface area contributed by atoms with E-state index in [-0.39, 0.29) is 6.61 Å². The van der Waals surface area contributed by atoms with Crippen LogP contribution in [0.1, 0.15) is 41.5 Å². The van der Waals surface area contributed by atoms with E-state index < -0.39 is 0 Å². The third-order valence-corrected chi connectivity index (χ3v) is 5.16. The van der Waals surface area contributed by atoms with E-state index in [1.165, 1.54) is 11.1 Å². The first kappa shape index (κ1) is 14.5. The fourth-order valence-corrected chi connectivity index (χ4v) is 3.92. The molecular formula is C17H22N2OS. The molecule has 0 unspecified atom stereocenters. The molecule has 112 valence electrons. The van der Waals surface area contributed by atoms with Crippen LogP contribution in [0.15, 0.2) is 24.3 Å². The second kappa shape index (κ2) is 6.58. The van der Waals surface area contributed by atoms with E-state index >= 15 is 0 Å². The number of anilines is 1. The Morgan fingerprint density at radius 3 is 2.86 bits per heavy atom. The van der Waals surface area contributed by atoms with Crippen molar-refractivity contribution in [2.45, 2.75) is 45.8 Å². The molecule has 1 aliphatic heterocycles. The van der Waals surface area contributed by atoms with Crippen LogP contribution in [0.5, 0.6) is 0 Å². The van der Waals surface area contributed by atoms with Gasteiger partial charge in [0.05, 0.1) is 17.2 Å². The lowest BCUT2D eigenvalue weighted by Crippen LogP contribution is -2.22. The number of aliphatic hydroxyl groups excluding tert-OH is 1. The molecule has 3 nitrogen and oxygen atoms in total. The average molecular weight is 302 g/mol. The maximum absolute atomic E-state index is 9.52. The highest BCUT2D eigenvalue weighted by Crippen LogP contribution is 2.30. The van der Waals surface area contributed by atoms with E-state index in [0.29, 0.717) is 0 Å². The summed E-state index contributed by atoms with van der Waals surface area (Å²) < 4.78 is 0. The van der Waals surface area contributed by atoms with Crippen molar-refractivity contribution in [2.75, 3.05) is 11.4 Å². The monoisotopic (exact) mass is 302 g/mol. The fraction of sp³-hybridized carbons (Fsp3) is 0.471. The summed E-state index contributed by atoms with van der Waals surface area (Å²) in [5.41, 5.74) is 3.96. The lowest BCUT2D eigenvalue weighted by molar-refractivity contribution is 0.284. The van der Waals surface area contributed by atoms with Crippen LogP contribution in [0.3, 0.4) is 0 Å². The molecule has 1 aromatic carbocycles. The molecule has 1 N–H and O–H groups in total. The summed E-state index contributed by atoms with van der Waals surface area (Å²) in [6, 6.07) is 8.70. The molecule has 3 rings (SSSR count). The number of aliphatic hydroxyl groups is 1. The minimum Gasteiger partial charge on any atom is -0.391 e. The van der Waals surface area contributed by atoms with Crippen LogP contribution < -0.4 is 4.90 Å². The smallest absolute Gasteiger partial charge is 0.186 e. The lowest BCUT2D eigenvalue weighted by Gasteiger charge is -2.19. The normalized spacial score (nSPS) is 14.9. The Kier molecular flexibility index (Phi) is 4.56. The number of hydrogen-bond acceptors (Lipinski definition) is 4. The van der Waals surface area contributed by atoms with E-state index in [1.807, 2.05) is 0 Å². The molecule has 2 aromatic rings. The van der Waals surface area contributed by atoms with Crippen molar-refractivity contribution >= 4 is 16.5 Å². The molecule has 4 heteroatoms. The predicted molar refractivity (Wildman–Crippen MR) is 87.8 cm³/mol. The average Bonchev–Trinajstić information content (AvgIpc) is 2.78. The summed E-state index contributed by atoms with van der Waals surface area (Å²) in [4.78, 5) is 8.20. The molecule has 0 amide bonds. The van der Waals surface area contributed by atoms with Crippen molar-refractivity contribution in [3.05, 3.63) is 46.0 Å². The van der Waals surface area contributed by atoms with Gasteiger partial charge in [0.15, 0.2) is 5.13 Å². The van der Waals surface area contributed by atoms with Crippen LogP contribution in [0.25, 0.3) is 0 Å². The summed E-state index contributed by atoms with van der Waals surface area (Å²) in [6.45, 7) is 4.23. The van der Waals surface area contributed by atoms with Gasteiger partial charge in [-0.2, -0.15) is 0 Å². The van der Waals surface area contributed by atoms with Gasteiger partial charge in [0.2, 0.25) is 0 Å². The van der Waals surface area contributed by atoms with Gasteiger partial charge >= 0.3 is 0 Å². The molecule has 0 atom stereocenters. The van der Waals surface area contributed by atoms with Gasteiger partial charge in [-0.1, -0.05) is 48.9 Å². The summed E-state index contributed by atoms with van der Waals surface area (Å²) in [6.07, 6.45) is 4.33. The van der Waals surface area contributed by atoms with Crippen LogP contribution in [0, 0.1) is 0 Å². The largest absolute Gasteiger partial charge is 0.391 e. The van der Waals surface area contributed by atoms with Crippen LogP contribution in [0.4, 0.5) is 5.13 Å². The van der Waals surface area contributed by atoms with Gasteiger partial charge < -0.3 is 10.0 Å². The Hall–Kier alpha value is -1.39. The standard InChI is InChI=1S/C17H22N2OS/c1-2-6-15-16(12-20)21-17(18-15)19-10-5-9-13-7-3-4-8-14(13)11-19/h3-4,7-8,20H,2,5-6,9-12H2,1H3. The van der Waals surface area contributed by atoms with E-state index in [0.717, 1.165) is 54.5 Å². The molecule has 21 heavy (non-hydrogen) atoms. The first-order chi connectivity index (χ1) is 10.3. The Bertz CT molecular complexity index is 609. The molecular weight excluding hydrogens is 280 g/mol.